The van der Waals surface area contributed by atoms with E-state index in [1.54, 1.807) is 24.3 Å². The molecule has 76 valence electrons. The molecule has 1 atom stereocenters. The van der Waals surface area contributed by atoms with Gasteiger partial charge in [0.25, 0.3) is 0 Å². The van der Waals surface area contributed by atoms with Crippen molar-refractivity contribution in [1.29, 1.82) is 0 Å². The van der Waals surface area contributed by atoms with Crippen molar-refractivity contribution in [3.05, 3.63) is 34.9 Å². The minimum atomic E-state index is -0.769. The predicted molar refractivity (Wildman–Crippen MR) is 56.7 cm³/mol. The van der Waals surface area contributed by atoms with Crippen LogP contribution in [0.3, 0.4) is 0 Å². The van der Waals surface area contributed by atoms with E-state index >= 15 is 0 Å². The number of aliphatic carboxylic acids is 1. The van der Waals surface area contributed by atoms with Crippen LogP contribution in [0, 0.1) is 0 Å². The molecule has 0 aromatic heterocycles. The summed E-state index contributed by atoms with van der Waals surface area (Å²) in [6, 6.07) is 7.00. The predicted octanol–water partition coefficient (Wildman–Crippen LogP) is 3.31. The fourth-order valence-corrected chi connectivity index (χ4v) is 1.54. The number of carboxylic acids is 1. The highest BCUT2D eigenvalue weighted by atomic mass is 35.5. The molecule has 0 spiro atoms. The lowest BCUT2D eigenvalue weighted by Gasteiger charge is -2.11. The van der Waals surface area contributed by atoms with Gasteiger partial charge in [0.1, 0.15) is 0 Å². The maximum Gasteiger partial charge on any atom is 0.310 e. The minimum Gasteiger partial charge on any atom is -0.481 e. The fourth-order valence-electron chi connectivity index (χ4n) is 1.42. The molecule has 0 amide bonds. The lowest BCUT2D eigenvalue weighted by atomic mass is 9.95. The Balaban J connectivity index is 2.87. The Morgan fingerprint density at radius 2 is 2.00 bits per heavy atom. The Kier molecular flexibility index (Phi) is 3.96. The van der Waals surface area contributed by atoms with Crippen LogP contribution in [-0.4, -0.2) is 11.1 Å². The first-order chi connectivity index (χ1) is 6.65. The third-order valence-corrected chi connectivity index (χ3v) is 2.40. The second-order valence-corrected chi connectivity index (χ2v) is 3.67. The van der Waals surface area contributed by atoms with Gasteiger partial charge >= 0.3 is 5.97 Å². The van der Waals surface area contributed by atoms with Crippen molar-refractivity contribution in [3.8, 4) is 0 Å². The van der Waals surface area contributed by atoms with Crippen LogP contribution in [-0.2, 0) is 4.79 Å². The van der Waals surface area contributed by atoms with E-state index in [-0.39, 0.29) is 0 Å². The number of carboxylic acid groups (broad SMARTS) is 1. The van der Waals surface area contributed by atoms with Gasteiger partial charge in [-0.1, -0.05) is 37.1 Å². The molecule has 1 aromatic carbocycles. The highest BCUT2D eigenvalue weighted by Gasteiger charge is 2.17. The summed E-state index contributed by atoms with van der Waals surface area (Å²) in [5.41, 5.74) is 0.823. The molecule has 0 aliphatic heterocycles. The van der Waals surface area contributed by atoms with Crippen LogP contribution in [0.1, 0.15) is 31.2 Å². The quantitative estimate of drug-likeness (QED) is 0.832. The lowest BCUT2D eigenvalue weighted by Crippen LogP contribution is -2.11. The number of carbonyl (C=O) groups is 1. The number of halogens is 1. The first-order valence-electron chi connectivity index (χ1n) is 4.63. The van der Waals surface area contributed by atoms with Crippen LogP contribution in [0.25, 0.3) is 0 Å². The highest BCUT2D eigenvalue weighted by Crippen LogP contribution is 2.23. The SMILES string of the molecule is CCC[C@H](C(=O)O)c1ccc(Cl)cc1. The van der Waals surface area contributed by atoms with Gasteiger partial charge in [-0.25, -0.2) is 0 Å². The molecule has 0 saturated carbocycles. The Bertz CT molecular complexity index is 306. The van der Waals surface area contributed by atoms with E-state index < -0.39 is 11.9 Å². The van der Waals surface area contributed by atoms with E-state index in [2.05, 4.69) is 0 Å². The van der Waals surface area contributed by atoms with Crippen molar-refractivity contribution < 1.29 is 9.90 Å². The number of hydrogen-bond donors (Lipinski definition) is 1. The topological polar surface area (TPSA) is 37.3 Å². The molecule has 1 aromatic rings. The van der Waals surface area contributed by atoms with Gasteiger partial charge in [-0.15, -0.1) is 0 Å². The maximum atomic E-state index is 10.9. The van der Waals surface area contributed by atoms with E-state index in [4.69, 9.17) is 16.7 Å². The van der Waals surface area contributed by atoms with Crippen LogP contribution in [0.5, 0.6) is 0 Å². The first-order valence-corrected chi connectivity index (χ1v) is 5.01. The van der Waals surface area contributed by atoms with Gasteiger partial charge in [-0.05, 0) is 24.1 Å². The third kappa shape index (κ3) is 2.74. The van der Waals surface area contributed by atoms with E-state index in [0.29, 0.717) is 11.4 Å². The molecule has 0 heterocycles. The molecule has 0 aliphatic rings. The zero-order chi connectivity index (χ0) is 10.6. The number of rotatable bonds is 4. The lowest BCUT2D eigenvalue weighted by molar-refractivity contribution is -0.139. The maximum absolute atomic E-state index is 10.9. The Hall–Kier alpha value is -1.02. The molecular formula is C11H13ClO2. The molecule has 0 unspecified atom stereocenters. The summed E-state index contributed by atoms with van der Waals surface area (Å²) in [5, 5.41) is 9.63. The van der Waals surface area contributed by atoms with Crippen LogP contribution < -0.4 is 0 Å². The largest absolute Gasteiger partial charge is 0.481 e. The summed E-state index contributed by atoms with van der Waals surface area (Å²) in [5.74, 6) is -1.17. The second kappa shape index (κ2) is 5.01. The van der Waals surface area contributed by atoms with E-state index in [0.717, 1.165) is 12.0 Å². The normalized spacial score (nSPS) is 12.4. The van der Waals surface area contributed by atoms with Crippen molar-refractivity contribution in [2.24, 2.45) is 0 Å². The molecule has 0 radical (unpaired) electrons. The smallest absolute Gasteiger partial charge is 0.310 e. The summed E-state index contributed by atoms with van der Waals surface area (Å²) in [7, 11) is 0. The van der Waals surface area contributed by atoms with Gasteiger partial charge in [0.2, 0.25) is 0 Å². The van der Waals surface area contributed by atoms with Crippen molar-refractivity contribution in [2.75, 3.05) is 0 Å². The molecule has 1 N–H and O–H groups in total. The number of hydrogen-bond acceptors (Lipinski definition) is 1. The highest BCUT2D eigenvalue weighted by molar-refractivity contribution is 6.30. The third-order valence-electron chi connectivity index (χ3n) is 2.15. The summed E-state index contributed by atoms with van der Waals surface area (Å²) in [6.45, 7) is 1.98. The van der Waals surface area contributed by atoms with Crippen molar-refractivity contribution >= 4 is 17.6 Å². The monoisotopic (exact) mass is 212 g/mol. The molecule has 3 heteroatoms. The fraction of sp³-hybridized carbons (Fsp3) is 0.364. The van der Waals surface area contributed by atoms with Gasteiger partial charge in [0.05, 0.1) is 5.92 Å². The molecule has 14 heavy (non-hydrogen) atoms. The van der Waals surface area contributed by atoms with E-state index in [1.807, 2.05) is 6.92 Å². The molecule has 0 fully saturated rings. The van der Waals surface area contributed by atoms with E-state index in [1.165, 1.54) is 0 Å². The van der Waals surface area contributed by atoms with Gasteiger partial charge in [-0.3, -0.25) is 4.79 Å². The average Bonchev–Trinajstić information content (AvgIpc) is 2.15. The molecule has 0 bridgehead atoms. The molecule has 1 rings (SSSR count). The van der Waals surface area contributed by atoms with Crippen LogP contribution in [0.4, 0.5) is 0 Å². The van der Waals surface area contributed by atoms with Crippen molar-refractivity contribution in [2.45, 2.75) is 25.7 Å². The summed E-state index contributed by atoms with van der Waals surface area (Å²) < 4.78 is 0. The standard InChI is InChI=1S/C11H13ClO2/c1-2-3-10(11(13)14)8-4-6-9(12)7-5-8/h4-7,10H,2-3H2,1H3,(H,13,14)/t10-/m0/s1. The average molecular weight is 213 g/mol. The van der Waals surface area contributed by atoms with Crippen molar-refractivity contribution in [3.63, 3.8) is 0 Å². The number of benzene rings is 1. The van der Waals surface area contributed by atoms with Crippen molar-refractivity contribution in [1.82, 2.24) is 0 Å². The second-order valence-electron chi connectivity index (χ2n) is 3.23. The summed E-state index contributed by atoms with van der Waals surface area (Å²) in [6.07, 6.45) is 1.52. The zero-order valence-corrected chi connectivity index (χ0v) is 8.79. The van der Waals surface area contributed by atoms with Crippen LogP contribution in [0.15, 0.2) is 24.3 Å². The first kappa shape index (κ1) is 11.1. The van der Waals surface area contributed by atoms with Gasteiger partial charge in [0.15, 0.2) is 0 Å². The zero-order valence-electron chi connectivity index (χ0n) is 8.03. The summed E-state index contributed by atoms with van der Waals surface area (Å²) >= 11 is 5.73. The van der Waals surface area contributed by atoms with Gasteiger partial charge in [-0.2, -0.15) is 0 Å². The van der Waals surface area contributed by atoms with E-state index in [9.17, 15) is 4.79 Å². The summed E-state index contributed by atoms with van der Waals surface area (Å²) in [4.78, 5) is 10.9. The molecule has 2 nitrogen and oxygen atoms in total. The molecule has 0 saturated heterocycles. The Morgan fingerprint density at radius 3 is 2.43 bits per heavy atom. The Labute approximate surface area is 88.5 Å². The molecule has 0 aliphatic carbocycles. The van der Waals surface area contributed by atoms with Gasteiger partial charge in [0, 0.05) is 5.02 Å². The van der Waals surface area contributed by atoms with Crippen LogP contribution in [0.2, 0.25) is 5.02 Å². The minimum absolute atomic E-state index is 0.405. The molecular weight excluding hydrogens is 200 g/mol. The van der Waals surface area contributed by atoms with Crippen LogP contribution >= 0.6 is 11.6 Å². The Morgan fingerprint density at radius 1 is 1.43 bits per heavy atom. The van der Waals surface area contributed by atoms with Gasteiger partial charge < -0.3 is 5.11 Å².